The number of hydrogen-bond donors (Lipinski definition) is 0. The van der Waals surface area contributed by atoms with Crippen LogP contribution in [0, 0.1) is 13.8 Å². The molecule has 0 fully saturated rings. The van der Waals surface area contributed by atoms with Gasteiger partial charge in [-0.1, -0.05) is 59.9 Å². The SMILES string of the molecule is Cc1cc2nc(N(Cc3ccccc3)C(=O)CCOc3ccccc3)sc2cc1C. The lowest BCUT2D eigenvalue weighted by atomic mass is 10.1. The first-order chi connectivity index (χ1) is 14.6. The number of fused-ring (bicyclic) bond motifs is 1. The van der Waals surface area contributed by atoms with Gasteiger partial charge >= 0.3 is 0 Å². The number of carbonyl (C=O) groups is 1. The Morgan fingerprint density at radius 1 is 0.967 bits per heavy atom. The number of para-hydroxylation sites is 1. The number of rotatable bonds is 7. The maximum absolute atomic E-state index is 13.2. The van der Waals surface area contributed by atoms with Crippen molar-refractivity contribution in [1.29, 1.82) is 0 Å². The van der Waals surface area contributed by atoms with E-state index < -0.39 is 0 Å². The smallest absolute Gasteiger partial charge is 0.232 e. The van der Waals surface area contributed by atoms with Gasteiger partial charge in [0.15, 0.2) is 5.13 Å². The number of aryl methyl sites for hydroxylation is 2. The average molecular weight is 417 g/mol. The molecule has 0 saturated heterocycles. The number of thiazole rings is 1. The van der Waals surface area contributed by atoms with Crippen molar-refractivity contribution in [3.05, 3.63) is 89.5 Å². The molecule has 0 bridgehead atoms. The second-order valence-corrected chi connectivity index (χ2v) is 8.29. The number of ether oxygens (including phenoxy) is 1. The molecule has 1 aromatic heterocycles. The molecule has 0 aliphatic carbocycles. The van der Waals surface area contributed by atoms with Gasteiger partial charge in [0, 0.05) is 0 Å². The van der Waals surface area contributed by atoms with Crippen molar-refractivity contribution in [2.75, 3.05) is 11.5 Å². The van der Waals surface area contributed by atoms with Crippen LogP contribution in [0.4, 0.5) is 5.13 Å². The fraction of sp³-hybridized carbons (Fsp3) is 0.200. The molecule has 30 heavy (non-hydrogen) atoms. The molecule has 4 rings (SSSR count). The molecule has 1 amide bonds. The molecule has 0 aliphatic rings. The Labute approximate surface area is 180 Å². The molecule has 0 spiro atoms. The highest BCUT2D eigenvalue weighted by atomic mass is 32.1. The number of carbonyl (C=O) groups excluding carboxylic acids is 1. The van der Waals surface area contributed by atoms with Crippen molar-refractivity contribution in [3.63, 3.8) is 0 Å². The van der Waals surface area contributed by atoms with E-state index in [1.54, 1.807) is 16.2 Å². The van der Waals surface area contributed by atoms with Gasteiger partial charge in [-0.2, -0.15) is 0 Å². The summed E-state index contributed by atoms with van der Waals surface area (Å²) in [7, 11) is 0. The van der Waals surface area contributed by atoms with Gasteiger partial charge in [-0.25, -0.2) is 4.98 Å². The van der Waals surface area contributed by atoms with Gasteiger partial charge < -0.3 is 4.74 Å². The molecule has 0 aliphatic heterocycles. The van der Waals surface area contributed by atoms with Crippen LogP contribution in [0.5, 0.6) is 5.75 Å². The zero-order valence-corrected chi connectivity index (χ0v) is 18.0. The molecule has 4 nitrogen and oxygen atoms in total. The monoisotopic (exact) mass is 416 g/mol. The Hall–Kier alpha value is -3.18. The van der Waals surface area contributed by atoms with E-state index in [0.717, 1.165) is 26.7 Å². The van der Waals surface area contributed by atoms with Gasteiger partial charge in [0.25, 0.3) is 0 Å². The van der Waals surface area contributed by atoms with Gasteiger partial charge in [0.2, 0.25) is 5.91 Å². The number of anilines is 1. The van der Waals surface area contributed by atoms with E-state index in [9.17, 15) is 4.79 Å². The van der Waals surface area contributed by atoms with Crippen molar-refractivity contribution in [3.8, 4) is 5.75 Å². The van der Waals surface area contributed by atoms with Crippen molar-refractivity contribution in [2.24, 2.45) is 0 Å². The second-order valence-electron chi connectivity index (χ2n) is 7.28. The van der Waals surface area contributed by atoms with Gasteiger partial charge in [0.1, 0.15) is 5.75 Å². The summed E-state index contributed by atoms with van der Waals surface area (Å²) in [5.74, 6) is 0.771. The summed E-state index contributed by atoms with van der Waals surface area (Å²) in [5, 5.41) is 0.726. The molecular formula is C25H24N2O2S. The lowest BCUT2D eigenvalue weighted by Crippen LogP contribution is -2.31. The summed E-state index contributed by atoms with van der Waals surface area (Å²) in [6, 6.07) is 23.8. The predicted octanol–water partition coefficient (Wildman–Crippen LogP) is 5.92. The summed E-state index contributed by atoms with van der Waals surface area (Å²) >= 11 is 1.56. The maximum Gasteiger partial charge on any atom is 0.232 e. The third-order valence-electron chi connectivity index (χ3n) is 5.04. The molecule has 0 atom stereocenters. The van der Waals surface area contributed by atoms with Crippen LogP contribution < -0.4 is 9.64 Å². The van der Waals surface area contributed by atoms with Crippen molar-refractivity contribution < 1.29 is 9.53 Å². The quantitative estimate of drug-likeness (QED) is 0.376. The van der Waals surface area contributed by atoms with Crippen LogP contribution >= 0.6 is 11.3 Å². The summed E-state index contributed by atoms with van der Waals surface area (Å²) < 4.78 is 6.84. The van der Waals surface area contributed by atoms with E-state index in [4.69, 9.17) is 9.72 Å². The van der Waals surface area contributed by atoms with Gasteiger partial charge in [0.05, 0.1) is 29.8 Å². The Bertz CT molecular complexity index is 1100. The Kier molecular flexibility index (Phi) is 6.10. The summed E-state index contributed by atoms with van der Waals surface area (Å²) in [5.41, 5.74) is 4.44. The summed E-state index contributed by atoms with van der Waals surface area (Å²) in [6.07, 6.45) is 0.287. The highest BCUT2D eigenvalue weighted by molar-refractivity contribution is 7.22. The van der Waals surface area contributed by atoms with Gasteiger partial charge in [-0.15, -0.1) is 0 Å². The minimum absolute atomic E-state index is 0.00211. The topological polar surface area (TPSA) is 42.4 Å². The third kappa shape index (κ3) is 4.69. The van der Waals surface area contributed by atoms with Crippen LogP contribution in [0.3, 0.4) is 0 Å². The standard InChI is InChI=1S/C25H24N2O2S/c1-18-15-22-23(16-19(18)2)30-25(26-22)27(17-20-9-5-3-6-10-20)24(28)13-14-29-21-11-7-4-8-12-21/h3-12,15-16H,13-14,17H2,1-2H3. The van der Waals surface area contributed by atoms with E-state index >= 15 is 0 Å². The molecule has 1 heterocycles. The zero-order chi connectivity index (χ0) is 20.9. The minimum Gasteiger partial charge on any atom is -0.493 e. The molecule has 3 aromatic carbocycles. The highest BCUT2D eigenvalue weighted by Gasteiger charge is 2.20. The molecule has 5 heteroatoms. The Morgan fingerprint density at radius 2 is 1.63 bits per heavy atom. The summed E-state index contributed by atoms with van der Waals surface area (Å²) in [4.78, 5) is 19.7. The van der Waals surface area contributed by atoms with Crippen molar-refractivity contribution in [2.45, 2.75) is 26.8 Å². The second kappa shape index (κ2) is 9.09. The first kappa shape index (κ1) is 20.1. The van der Waals surface area contributed by atoms with Crippen LogP contribution in [-0.4, -0.2) is 17.5 Å². The van der Waals surface area contributed by atoms with Crippen LogP contribution in [0.25, 0.3) is 10.2 Å². The van der Waals surface area contributed by atoms with Gasteiger partial charge in [-0.3, -0.25) is 9.69 Å². The maximum atomic E-state index is 13.2. The largest absolute Gasteiger partial charge is 0.493 e. The van der Waals surface area contributed by atoms with E-state index in [-0.39, 0.29) is 12.3 Å². The minimum atomic E-state index is 0.00211. The first-order valence-electron chi connectivity index (χ1n) is 10.00. The summed E-state index contributed by atoms with van der Waals surface area (Å²) in [6.45, 7) is 5.00. The van der Waals surface area contributed by atoms with Crippen molar-refractivity contribution in [1.82, 2.24) is 4.98 Å². The lowest BCUT2D eigenvalue weighted by molar-refractivity contribution is -0.119. The Morgan fingerprint density at radius 3 is 2.37 bits per heavy atom. The fourth-order valence-corrected chi connectivity index (χ4v) is 4.28. The van der Waals surface area contributed by atoms with E-state index in [1.807, 2.05) is 60.7 Å². The number of benzene rings is 3. The molecule has 0 radical (unpaired) electrons. The Balaban J connectivity index is 1.56. The molecule has 0 N–H and O–H groups in total. The van der Waals surface area contributed by atoms with Gasteiger partial charge in [-0.05, 0) is 54.8 Å². The number of hydrogen-bond acceptors (Lipinski definition) is 4. The van der Waals surface area contributed by atoms with E-state index in [1.165, 1.54) is 11.1 Å². The number of amides is 1. The zero-order valence-electron chi connectivity index (χ0n) is 17.2. The van der Waals surface area contributed by atoms with Crippen LogP contribution in [-0.2, 0) is 11.3 Å². The molecule has 0 saturated carbocycles. The number of aromatic nitrogens is 1. The van der Waals surface area contributed by atoms with Crippen LogP contribution in [0.2, 0.25) is 0 Å². The van der Waals surface area contributed by atoms with E-state index in [0.29, 0.717) is 13.2 Å². The third-order valence-corrected chi connectivity index (χ3v) is 6.08. The number of nitrogens with zero attached hydrogens (tertiary/aromatic N) is 2. The predicted molar refractivity (Wildman–Crippen MR) is 123 cm³/mol. The lowest BCUT2D eigenvalue weighted by Gasteiger charge is -2.20. The molecule has 152 valence electrons. The van der Waals surface area contributed by atoms with E-state index in [2.05, 4.69) is 26.0 Å². The molecular weight excluding hydrogens is 392 g/mol. The highest BCUT2D eigenvalue weighted by Crippen LogP contribution is 2.32. The first-order valence-corrected chi connectivity index (χ1v) is 10.8. The molecule has 4 aromatic rings. The normalized spacial score (nSPS) is 10.9. The fourth-order valence-electron chi connectivity index (χ4n) is 3.22. The van der Waals surface area contributed by atoms with Crippen molar-refractivity contribution >= 4 is 32.6 Å². The van der Waals surface area contributed by atoms with Crippen LogP contribution in [0.15, 0.2) is 72.8 Å². The van der Waals surface area contributed by atoms with Crippen LogP contribution in [0.1, 0.15) is 23.1 Å². The molecule has 0 unspecified atom stereocenters. The average Bonchev–Trinajstić information content (AvgIpc) is 3.16.